The van der Waals surface area contributed by atoms with Crippen LogP contribution in [0.25, 0.3) is 0 Å². The van der Waals surface area contributed by atoms with E-state index in [9.17, 15) is 0 Å². The van der Waals surface area contributed by atoms with E-state index in [-0.39, 0.29) is 0 Å². The monoisotopic (exact) mass is 324 g/mol. The highest BCUT2D eigenvalue weighted by Gasteiger charge is 2.27. The molecule has 1 unspecified atom stereocenters. The molecule has 3 heteroatoms. The van der Waals surface area contributed by atoms with E-state index in [0.29, 0.717) is 12.1 Å². The Bertz CT molecular complexity index is 427. The van der Waals surface area contributed by atoms with Crippen LogP contribution in [0.3, 0.4) is 0 Å². The Morgan fingerprint density at radius 2 is 2.00 bits per heavy atom. The second-order valence-electron chi connectivity index (χ2n) is 5.90. The van der Waals surface area contributed by atoms with E-state index in [1.165, 1.54) is 30.6 Å². The lowest BCUT2D eigenvalue weighted by Gasteiger charge is -2.32. The number of hydrogen-bond donors (Lipinski definition) is 1. The molecule has 0 spiro atoms. The van der Waals surface area contributed by atoms with E-state index in [1.807, 2.05) is 7.05 Å². The van der Waals surface area contributed by atoms with Crippen LogP contribution in [0.15, 0.2) is 22.7 Å². The van der Waals surface area contributed by atoms with Crippen molar-refractivity contribution in [1.29, 1.82) is 0 Å². The van der Waals surface area contributed by atoms with Crippen molar-refractivity contribution in [3.8, 4) is 0 Å². The second-order valence-corrected chi connectivity index (χ2v) is 6.82. The van der Waals surface area contributed by atoms with Crippen LogP contribution in [-0.2, 0) is 0 Å². The van der Waals surface area contributed by atoms with E-state index in [1.54, 1.807) is 0 Å². The third-order valence-electron chi connectivity index (χ3n) is 3.97. The average molecular weight is 325 g/mol. The standard InChI is InChI=1S/C16H25BrN2/c1-11(2)19(10-13-5-6-13)16-8-7-14(17)9-15(16)12(3)18-4/h7-9,11-13,18H,5-6,10H2,1-4H3. The summed E-state index contributed by atoms with van der Waals surface area (Å²) >= 11 is 3.60. The first-order chi connectivity index (χ1) is 9.02. The van der Waals surface area contributed by atoms with Crippen LogP contribution in [0.4, 0.5) is 5.69 Å². The molecular formula is C16H25BrN2. The molecule has 0 amide bonds. The van der Waals surface area contributed by atoms with Gasteiger partial charge in [-0.05, 0) is 70.3 Å². The molecule has 1 aromatic rings. The van der Waals surface area contributed by atoms with Crippen molar-refractivity contribution >= 4 is 21.6 Å². The molecule has 1 aromatic carbocycles. The van der Waals surface area contributed by atoms with Crippen molar-refractivity contribution in [2.24, 2.45) is 5.92 Å². The molecule has 1 atom stereocenters. The molecule has 0 saturated heterocycles. The van der Waals surface area contributed by atoms with Gasteiger partial charge in [0.25, 0.3) is 0 Å². The predicted molar refractivity (Wildman–Crippen MR) is 86.8 cm³/mol. The Morgan fingerprint density at radius 3 is 2.53 bits per heavy atom. The van der Waals surface area contributed by atoms with Crippen LogP contribution < -0.4 is 10.2 Å². The molecule has 1 aliphatic rings. The fraction of sp³-hybridized carbons (Fsp3) is 0.625. The van der Waals surface area contributed by atoms with Gasteiger partial charge in [0.2, 0.25) is 0 Å². The van der Waals surface area contributed by atoms with E-state index < -0.39 is 0 Å². The number of hydrogen-bond acceptors (Lipinski definition) is 2. The number of nitrogens with zero attached hydrogens (tertiary/aromatic N) is 1. The first kappa shape index (κ1) is 14.9. The van der Waals surface area contributed by atoms with Crippen molar-refractivity contribution in [2.45, 2.75) is 45.7 Å². The third kappa shape index (κ3) is 3.73. The van der Waals surface area contributed by atoms with Gasteiger partial charge in [-0.15, -0.1) is 0 Å². The zero-order chi connectivity index (χ0) is 14.0. The molecule has 0 aromatic heterocycles. The molecule has 0 bridgehead atoms. The van der Waals surface area contributed by atoms with Gasteiger partial charge >= 0.3 is 0 Å². The van der Waals surface area contributed by atoms with Gasteiger partial charge in [0, 0.05) is 28.8 Å². The minimum absolute atomic E-state index is 0.368. The second kappa shape index (κ2) is 6.27. The summed E-state index contributed by atoms with van der Waals surface area (Å²) in [6, 6.07) is 7.58. The van der Waals surface area contributed by atoms with Gasteiger partial charge in [-0.2, -0.15) is 0 Å². The molecule has 106 valence electrons. The van der Waals surface area contributed by atoms with E-state index >= 15 is 0 Å². The van der Waals surface area contributed by atoms with Crippen LogP contribution in [0.5, 0.6) is 0 Å². The van der Waals surface area contributed by atoms with E-state index in [4.69, 9.17) is 0 Å². The predicted octanol–water partition coefficient (Wildman–Crippen LogP) is 4.35. The molecular weight excluding hydrogens is 300 g/mol. The summed E-state index contributed by atoms with van der Waals surface area (Å²) in [6.07, 6.45) is 2.80. The first-order valence-electron chi connectivity index (χ1n) is 7.26. The Hall–Kier alpha value is -0.540. The highest BCUT2D eigenvalue weighted by atomic mass is 79.9. The Kier molecular flexibility index (Phi) is 4.91. The maximum absolute atomic E-state index is 3.60. The SMILES string of the molecule is CNC(C)c1cc(Br)ccc1N(CC1CC1)C(C)C. The number of halogens is 1. The molecule has 2 rings (SSSR count). The maximum atomic E-state index is 3.60. The molecule has 1 saturated carbocycles. The summed E-state index contributed by atoms with van der Waals surface area (Å²) in [5.41, 5.74) is 2.76. The quantitative estimate of drug-likeness (QED) is 0.836. The highest BCUT2D eigenvalue weighted by molar-refractivity contribution is 9.10. The number of benzene rings is 1. The van der Waals surface area contributed by atoms with Gasteiger partial charge in [0.05, 0.1) is 0 Å². The lowest BCUT2D eigenvalue weighted by Crippen LogP contribution is -2.34. The summed E-state index contributed by atoms with van der Waals surface area (Å²) in [7, 11) is 2.02. The third-order valence-corrected chi connectivity index (χ3v) is 4.47. The number of rotatable bonds is 6. The summed E-state index contributed by atoms with van der Waals surface area (Å²) in [4.78, 5) is 2.56. The summed E-state index contributed by atoms with van der Waals surface area (Å²) in [5.74, 6) is 0.906. The number of anilines is 1. The van der Waals surface area contributed by atoms with Crippen molar-refractivity contribution in [2.75, 3.05) is 18.5 Å². The van der Waals surface area contributed by atoms with E-state index in [2.05, 4.69) is 65.1 Å². The topological polar surface area (TPSA) is 15.3 Å². The van der Waals surface area contributed by atoms with Gasteiger partial charge in [-0.1, -0.05) is 15.9 Å². The van der Waals surface area contributed by atoms with Crippen LogP contribution in [0.1, 0.15) is 45.2 Å². The van der Waals surface area contributed by atoms with Crippen LogP contribution in [0, 0.1) is 5.92 Å². The minimum atomic E-state index is 0.368. The molecule has 1 N–H and O–H groups in total. The van der Waals surface area contributed by atoms with Gasteiger partial charge in [-0.3, -0.25) is 0 Å². The fourth-order valence-electron chi connectivity index (χ4n) is 2.46. The van der Waals surface area contributed by atoms with Crippen molar-refractivity contribution < 1.29 is 0 Å². The van der Waals surface area contributed by atoms with Gasteiger partial charge in [0.15, 0.2) is 0 Å². The summed E-state index contributed by atoms with van der Waals surface area (Å²) < 4.78 is 1.16. The Morgan fingerprint density at radius 1 is 1.32 bits per heavy atom. The van der Waals surface area contributed by atoms with Crippen molar-refractivity contribution in [3.05, 3.63) is 28.2 Å². The summed E-state index contributed by atoms with van der Waals surface area (Å²) in [6.45, 7) is 8.00. The van der Waals surface area contributed by atoms with Crippen LogP contribution >= 0.6 is 15.9 Å². The zero-order valence-corrected chi connectivity index (χ0v) is 14.0. The summed E-state index contributed by atoms with van der Waals surface area (Å²) in [5, 5.41) is 3.36. The maximum Gasteiger partial charge on any atom is 0.0417 e. The normalized spacial score (nSPS) is 16.7. The average Bonchev–Trinajstić information content (AvgIpc) is 3.19. The molecule has 1 fully saturated rings. The zero-order valence-electron chi connectivity index (χ0n) is 12.4. The first-order valence-corrected chi connectivity index (χ1v) is 8.05. The minimum Gasteiger partial charge on any atom is -0.369 e. The van der Waals surface area contributed by atoms with Gasteiger partial charge in [0.1, 0.15) is 0 Å². The molecule has 2 nitrogen and oxygen atoms in total. The van der Waals surface area contributed by atoms with E-state index in [0.717, 1.165) is 10.4 Å². The Labute approximate surface area is 125 Å². The molecule has 0 radical (unpaired) electrons. The number of nitrogens with one attached hydrogen (secondary N) is 1. The smallest absolute Gasteiger partial charge is 0.0417 e. The molecule has 1 aliphatic carbocycles. The lowest BCUT2D eigenvalue weighted by molar-refractivity contribution is 0.617. The van der Waals surface area contributed by atoms with Crippen molar-refractivity contribution in [1.82, 2.24) is 5.32 Å². The molecule has 19 heavy (non-hydrogen) atoms. The fourth-order valence-corrected chi connectivity index (χ4v) is 2.83. The lowest BCUT2D eigenvalue weighted by atomic mass is 10.0. The highest BCUT2D eigenvalue weighted by Crippen LogP contribution is 2.35. The van der Waals surface area contributed by atoms with Crippen LogP contribution in [-0.4, -0.2) is 19.6 Å². The van der Waals surface area contributed by atoms with Gasteiger partial charge < -0.3 is 10.2 Å². The Balaban J connectivity index is 2.33. The largest absolute Gasteiger partial charge is 0.369 e. The molecule has 0 aliphatic heterocycles. The van der Waals surface area contributed by atoms with Gasteiger partial charge in [-0.25, -0.2) is 0 Å². The van der Waals surface area contributed by atoms with Crippen LogP contribution in [0.2, 0.25) is 0 Å². The van der Waals surface area contributed by atoms with Crippen molar-refractivity contribution in [3.63, 3.8) is 0 Å². The molecule has 0 heterocycles.